The van der Waals surface area contributed by atoms with Crippen LogP contribution in [0.1, 0.15) is 6.92 Å². The van der Waals surface area contributed by atoms with E-state index in [1.807, 2.05) is 0 Å². The predicted molar refractivity (Wildman–Crippen MR) is 75.9 cm³/mol. The highest BCUT2D eigenvalue weighted by Crippen LogP contribution is 2.23. The van der Waals surface area contributed by atoms with Crippen LogP contribution in [0.3, 0.4) is 0 Å². The first kappa shape index (κ1) is 14.2. The van der Waals surface area contributed by atoms with Crippen LogP contribution in [0.25, 0.3) is 0 Å². The van der Waals surface area contributed by atoms with Crippen LogP contribution in [0.15, 0.2) is 28.6 Å². The summed E-state index contributed by atoms with van der Waals surface area (Å²) in [4.78, 5) is 10.8. The summed E-state index contributed by atoms with van der Waals surface area (Å²) in [6.45, 7) is 1.29. The van der Waals surface area contributed by atoms with Crippen LogP contribution < -0.4 is 15.8 Å². The minimum absolute atomic E-state index is 0.116. The van der Waals surface area contributed by atoms with E-state index in [0.717, 1.165) is 11.3 Å². The number of sulfonamides is 1. The van der Waals surface area contributed by atoms with Crippen molar-refractivity contribution in [1.29, 1.82) is 0 Å². The molecule has 1 aromatic carbocycles. The molecule has 4 N–H and O–H groups in total. The number of aromatic nitrogens is 2. The maximum absolute atomic E-state index is 12.1. The Morgan fingerprint density at radius 1 is 1.35 bits per heavy atom. The fourth-order valence-corrected chi connectivity index (χ4v) is 3.32. The molecule has 0 bridgehead atoms. The minimum Gasteiger partial charge on any atom is -0.399 e. The van der Waals surface area contributed by atoms with Crippen molar-refractivity contribution in [3.63, 3.8) is 0 Å². The second kappa shape index (κ2) is 5.43. The Morgan fingerprint density at radius 3 is 2.75 bits per heavy atom. The fourth-order valence-electron chi connectivity index (χ4n) is 1.32. The quantitative estimate of drug-likeness (QED) is 0.568. The molecule has 0 aliphatic heterocycles. The summed E-state index contributed by atoms with van der Waals surface area (Å²) in [5, 5.41) is 9.59. The molecule has 20 heavy (non-hydrogen) atoms. The number of anilines is 3. The summed E-state index contributed by atoms with van der Waals surface area (Å²) in [5.41, 5.74) is 6.32. The number of rotatable bonds is 4. The Balaban J connectivity index is 2.22. The van der Waals surface area contributed by atoms with E-state index in [2.05, 4.69) is 20.2 Å². The highest BCUT2D eigenvalue weighted by Gasteiger charge is 2.20. The van der Waals surface area contributed by atoms with Gasteiger partial charge >= 0.3 is 0 Å². The maximum Gasteiger partial charge on any atom is 0.291 e. The van der Waals surface area contributed by atoms with Gasteiger partial charge in [0.25, 0.3) is 14.4 Å². The van der Waals surface area contributed by atoms with Crippen molar-refractivity contribution >= 4 is 43.8 Å². The van der Waals surface area contributed by atoms with Gasteiger partial charge in [0.05, 0.1) is 5.69 Å². The van der Waals surface area contributed by atoms with E-state index in [4.69, 9.17) is 5.73 Å². The van der Waals surface area contributed by atoms with E-state index in [-0.39, 0.29) is 15.4 Å². The van der Waals surface area contributed by atoms with Gasteiger partial charge in [-0.2, -0.15) is 8.42 Å². The molecule has 0 unspecified atom stereocenters. The van der Waals surface area contributed by atoms with Gasteiger partial charge in [-0.15, -0.1) is 10.2 Å². The van der Waals surface area contributed by atoms with Crippen molar-refractivity contribution in [2.75, 3.05) is 15.8 Å². The van der Waals surface area contributed by atoms with Gasteiger partial charge in [-0.25, -0.2) is 0 Å². The third kappa shape index (κ3) is 3.42. The molecule has 0 fully saturated rings. The predicted octanol–water partition coefficient (Wildman–Crippen LogP) is 0.879. The number of nitrogens with one attached hydrogen (secondary N) is 2. The van der Waals surface area contributed by atoms with Gasteiger partial charge in [0.15, 0.2) is 0 Å². The summed E-state index contributed by atoms with van der Waals surface area (Å²) < 4.78 is 26.2. The molecule has 0 spiro atoms. The van der Waals surface area contributed by atoms with Crippen molar-refractivity contribution in [2.45, 2.75) is 11.3 Å². The highest BCUT2D eigenvalue weighted by molar-refractivity contribution is 7.94. The van der Waals surface area contributed by atoms with Crippen LogP contribution in [0, 0.1) is 0 Å². The molecule has 2 aromatic rings. The first-order valence-electron chi connectivity index (χ1n) is 5.36. The van der Waals surface area contributed by atoms with Crippen LogP contribution in [0.4, 0.5) is 16.5 Å². The molecule has 0 aliphatic rings. The normalized spacial score (nSPS) is 11.1. The van der Waals surface area contributed by atoms with Crippen molar-refractivity contribution < 1.29 is 13.2 Å². The van der Waals surface area contributed by atoms with Gasteiger partial charge in [-0.05, 0) is 18.2 Å². The van der Waals surface area contributed by atoms with E-state index in [1.54, 1.807) is 18.2 Å². The van der Waals surface area contributed by atoms with Gasteiger partial charge in [0, 0.05) is 12.6 Å². The Morgan fingerprint density at radius 2 is 2.10 bits per heavy atom. The molecule has 0 atom stereocenters. The zero-order valence-electron chi connectivity index (χ0n) is 10.3. The molecule has 0 aliphatic carbocycles. The van der Waals surface area contributed by atoms with Gasteiger partial charge in [-0.1, -0.05) is 17.4 Å². The van der Waals surface area contributed by atoms with Gasteiger partial charge < -0.3 is 11.1 Å². The van der Waals surface area contributed by atoms with Gasteiger partial charge in [0.1, 0.15) is 0 Å². The van der Waals surface area contributed by atoms with Crippen molar-refractivity contribution in [1.82, 2.24) is 10.2 Å². The van der Waals surface area contributed by atoms with Crippen molar-refractivity contribution in [3.05, 3.63) is 24.3 Å². The molecular weight excluding hydrogens is 302 g/mol. The van der Waals surface area contributed by atoms with Crippen LogP contribution in [-0.2, 0) is 14.8 Å². The molecule has 106 valence electrons. The Bertz CT molecular complexity index is 741. The number of hydrogen-bond donors (Lipinski definition) is 3. The molecule has 1 amide bonds. The van der Waals surface area contributed by atoms with Gasteiger partial charge in [0.2, 0.25) is 11.0 Å². The number of amides is 1. The number of nitrogens with two attached hydrogens (primary N) is 1. The molecule has 2 rings (SSSR count). The smallest absolute Gasteiger partial charge is 0.291 e. The average molecular weight is 313 g/mol. The Kier molecular flexibility index (Phi) is 3.86. The SMILES string of the molecule is CC(=O)Nc1nnc(S(=O)(=O)Nc2cccc(N)c2)s1. The third-order valence-electron chi connectivity index (χ3n) is 2.06. The van der Waals surface area contributed by atoms with E-state index in [0.29, 0.717) is 11.4 Å². The number of carbonyl (C=O) groups is 1. The van der Waals surface area contributed by atoms with E-state index in [1.165, 1.54) is 13.0 Å². The number of carbonyl (C=O) groups excluding carboxylic acids is 1. The summed E-state index contributed by atoms with van der Waals surface area (Å²) in [6, 6.07) is 6.30. The Hall–Kier alpha value is -2.20. The lowest BCUT2D eigenvalue weighted by molar-refractivity contribution is -0.114. The summed E-state index contributed by atoms with van der Waals surface area (Å²) in [7, 11) is -3.86. The van der Waals surface area contributed by atoms with E-state index < -0.39 is 10.0 Å². The maximum atomic E-state index is 12.1. The molecule has 0 saturated carbocycles. The summed E-state index contributed by atoms with van der Waals surface area (Å²) in [6.07, 6.45) is 0. The lowest BCUT2D eigenvalue weighted by atomic mass is 10.3. The van der Waals surface area contributed by atoms with Gasteiger partial charge in [-0.3, -0.25) is 9.52 Å². The molecule has 10 heteroatoms. The Labute approximate surface area is 119 Å². The molecule has 1 heterocycles. The summed E-state index contributed by atoms with van der Waals surface area (Å²) in [5.74, 6) is -0.353. The van der Waals surface area contributed by atoms with Crippen molar-refractivity contribution in [2.24, 2.45) is 0 Å². The lowest BCUT2D eigenvalue weighted by Gasteiger charge is -2.05. The monoisotopic (exact) mass is 313 g/mol. The molecule has 0 saturated heterocycles. The first-order chi connectivity index (χ1) is 9.37. The first-order valence-corrected chi connectivity index (χ1v) is 7.66. The number of nitrogens with zero attached hydrogens (tertiary/aromatic N) is 2. The minimum atomic E-state index is -3.86. The van der Waals surface area contributed by atoms with E-state index in [9.17, 15) is 13.2 Å². The number of benzene rings is 1. The number of nitrogen functional groups attached to an aromatic ring is 1. The number of hydrogen-bond acceptors (Lipinski definition) is 7. The standard InChI is InChI=1S/C10H11N5O3S2/c1-6(16)12-9-13-14-10(19-9)20(17,18)15-8-4-2-3-7(11)5-8/h2-5,15H,11H2,1H3,(H,12,13,16). The molecule has 8 nitrogen and oxygen atoms in total. The topological polar surface area (TPSA) is 127 Å². The van der Waals surface area contributed by atoms with Crippen LogP contribution in [0.2, 0.25) is 0 Å². The largest absolute Gasteiger partial charge is 0.399 e. The highest BCUT2D eigenvalue weighted by atomic mass is 32.2. The van der Waals surface area contributed by atoms with Crippen LogP contribution >= 0.6 is 11.3 Å². The van der Waals surface area contributed by atoms with Crippen molar-refractivity contribution in [3.8, 4) is 0 Å². The second-order valence-electron chi connectivity index (χ2n) is 3.79. The lowest BCUT2D eigenvalue weighted by Crippen LogP contribution is -2.12. The van der Waals surface area contributed by atoms with Crippen LogP contribution in [-0.4, -0.2) is 24.5 Å². The van der Waals surface area contributed by atoms with Crippen LogP contribution in [0.5, 0.6) is 0 Å². The fraction of sp³-hybridized carbons (Fsp3) is 0.100. The average Bonchev–Trinajstić information content (AvgIpc) is 2.76. The third-order valence-corrected chi connectivity index (χ3v) is 4.65. The molecule has 1 aromatic heterocycles. The second-order valence-corrected chi connectivity index (χ2v) is 6.62. The zero-order chi connectivity index (χ0) is 14.8. The molecular formula is C10H11N5O3S2. The molecule has 0 radical (unpaired) electrons. The summed E-state index contributed by atoms with van der Waals surface area (Å²) >= 11 is 0.756. The zero-order valence-corrected chi connectivity index (χ0v) is 12.0. The van der Waals surface area contributed by atoms with E-state index >= 15 is 0 Å².